The Morgan fingerprint density at radius 2 is 1.55 bits per heavy atom. The van der Waals surface area contributed by atoms with E-state index < -0.39 is 5.41 Å². The Labute approximate surface area is 194 Å². The second kappa shape index (κ2) is 9.44. The molecule has 1 amide bonds. The molecule has 0 bridgehead atoms. The van der Waals surface area contributed by atoms with Crippen LogP contribution in [0.25, 0.3) is 0 Å². The van der Waals surface area contributed by atoms with Crippen molar-refractivity contribution in [2.75, 3.05) is 24.4 Å². The van der Waals surface area contributed by atoms with Crippen LogP contribution < -0.4 is 19.7 Å². The molecule has 1 aliphatic carbocycles. The minimum Gasteiger partial charge on any atom is -0.495 e. The molecular formula is C25H29N5O3. The molecule has 0 aromatic carbocycles. The lowest BCUT2D eigenvalue weighted by atomic mass is 9.87. The van der Waals surface area contributed by atoms with Crippen molar-refractivity contribution in [2.24, 2.45) is 0 Å². The van der Waals surface area contributed by atoms with Gasteiger partial charge in [0.25, 0.3) is 0 Å². The summed E-state index contributed by atoms with van der Waals surface area (Å²) in [6.45, 7) is 3.80. The van der Waals surface area contributed by atoms with Crippen molar-refractivity contribution >= 4 is 23.4 Å². The lowest BCUT2D eigenvalue weighted by molar-refractivity contribution is -0.119. The van der Waals surface area contributed by atoms with Crippen LogP contribution in [0.3, 0.4) is 0 Å². The van der Waals surface area contributed by atoms with Crippen molar-refractivity contribution in [3.05, 3.63) is 60.6 Å². The van der Waals surface area contributed by atoms with Gasteiger partial charge >= 0.3 is 0 Å². The molecule has 0 unspecified atom stereocenters. The van der Waals surface area contributed by atoms with Crippen LogP contribution in [0.1, 0.15) is 38.7 Å². The summed E-state index contributed by atoms with van der Waals surface area (Å²) in [5, 5.41) is 2.74. The highest BCUT2D eigenvalue weighted by molar-refractivity contribution is 6.04. The van der Waals surface area contributed by atoms with Gasteiger partial charge in [-0.3, -0.25) is 4.79 Å². The first kappa shape index (κ1) is 22.5. The van der Waals surface area contributed by atoms with Crippen molar-refractivity contribution in [3.63, 3.8) is 0 Å². The molecule has 0 radical (unpaired) electrons. The number of nitrogens with one attached hydrogen (secondary N) is 1. The summed E-state index contributed by atoms with van der Waals surface area (Å²) in [6.07, 6.45) is 8.76. The third-order valence-electron chi connectivity index (χ3n) is 6.13. The van der Waals surface area contributed by atoms with E-state index >= 15 is 0 Å². The fraction of sp³-hybridized carbons (Fsp3) is 0.360. The SMILES string of the molecule is CC1(C)C(=O)Nc2ncccc21.COc1ccc(N(c2ccc(OC)cn2)C2CCC2)nc1. The van der Waals surface area contributed by atoms with Gasteiger partial charge in [-0.1, -0.05) is 6.07 Å². The standard InChI is InChI=1S/C16H19N3O2.C9H10N2O/c1-20-13-6-8-15(17-10-13)19(12-4-3-5-12)16-9-7-14(21-2)11-18-16;1-9(2)6-4-3-5-10-7(6)11-8(9)12/h6-12H,3-5H2,1-2H3;3-5H,1-2H3,(H,10,11,12). The molecule has 4 heterocycles. The quantitative estimate of drug-likeness (QED) is 0.616. The maximum atomic E-state index is 11.4. The summed E-state index contributed by atoms with van der Waals surface area (Å²) in [7, 11) is 3.29. The third kappa shape index (κ3) is 4.60. The highest BCUT2D eigenvalue weighted by atomic mass is 16.5. The Kier molecular flexibility index (Phi) is 6.44. The molecule has 33 heavy (non-hydrogen) atoms. The van der Waals surface area contributed by atoms with Gasteiger partial charge < -0.3 is 19.7 Å². The van der Waals surface area contributed by atoms with Crippen LogP contribution in [0.4, 0.5) is 17.5 Å². The first-order valence-electron chi connectivity index (χ1n) is 11.0. The highest BCUT2D eigenvalue weighted by Gasteiger charge is 2.38. The van der Waals surface area contributed by atoms with E-state index in [-0.39, 0.29) is 5.91 Å². The Morgan fingerprint density at radius 3 is 1.97 bits per heavy atom. The van der Waals surface area contributed by atoms with Crippen molar-refractivity contribution in [1.82, 2.24) is 15.0 Å². The normalized spacial score (nSPS) is 15.9. The number of carbonyl (C=O) groups is 1. The molecule has 1 fully saturated rings. The number of methoxy groups -OCH3 is 2. The van der Waals surface area contributed by atoms with E-state index in [1.54, 1.807) is 32.8 Å². The molecule has 2 aliphatic rings. The molecule has 0 atom stereocenters. The number of aromatic nitrogens is 3. The summed E-state index contributed by atoms with van der Waals surface area (Å²) in [5.41, 5.74) is 0.554. The number of nitrogens with zero attached hydrogens (tertiary/aromatic N) is 4. The maximum Gasteiger partial charge on any atom is 0.235 e. The van der Waals surface area contributed by atoms with Gasteiger partial charge in [0, 0.05) is 17.8 Å². The maximum absolute atomic E-state index is 11.4. The third-order valence-corrected chi connectivity index (χ3v) is 6.13. The highest BCUT2D eigenvalue weighted by Crippen LogP contribution is 2.36. The van der Waals surface area contributed by atoms with Gasteiger partial charge in [0.2, 0.25) is 5.91 Å². The Morgan fingerprint density at radius 1 is 0.939 bits per heavy atom. The van der Waals surface area contributed by atoms with E-state index in [0.29, 0.717) is 11.9 Å². The van der Waals surface area contributed by atoms with Gasteiger partial charge in [0.15, 0.2) is 0 Å². The van der Waals surface area contributed by atoms with Crippen LogP contribution in [0.5, 0.6) is 11.5 Å². The number of ether oxygens (including phenoxy) is 2. The zero-order valence-electron chi connectivity index (χ0n) is 19.4. The van der Waals surface area contributed by atoms with Crippen LogP contribution in [0.15, 0.2) is 55.0 Å². The number of hydrogen-bond donors (Lipinski definition) is 1. The largest absolute Gasteiger partial charge is 0.495 e. The van der Waals surface area contributed by atoms with Crippen molar-refractivity contribution in [1.29, 1.82) is 0 Å². The molecule has 3 aromatic rings. The van der Waals surface area contributed by atoms with Crippen LogP contribution in [-0.4, -0.2) is 41.1 Å². The summed E-state index contributed by atoms with van der Waals surface area (Å²) in [4.78, 5) is 26.7. The Balaban J connectivity index is 0.000000183. The van der Waals surface area contributed by atoms with Gasteiger partial charge in [-0.15, -0.1) is 0 Å². The van der Waals surface area contributed by atoms with E-state index in [2.05, 4.69) is 25.2 Å². The molecule has 0 spiro atoms. The molecule has 5 rings (SSSR count). The van der Waals surface area contributed by atoms with Crippen LogP contribution in [0, 0.1) is 0 Å². The van der Waals surface area contributed by atoms with Gasteiger partial charge in [-0.05, 0) is 63.4 Å². The minimum atomic E-state index is -0.427. The van der Waals surface area contributed by atoms with Gasteiger partial charge in [-0.2, -0.15) is 0 Å². The van der Waals surface area contributed by atoms with E-state index in [9.17, 15) is 4.79 Å². The second-order valence-corrected chi connectivity index (χ2v) is 8.55. The first-order valence-corrected chi connectivity index (χ1v) is 11.0. The molecule has 0 saturated heterocycles. The molecule has 1 N–H and O–H groups in total. The number of anilines is 3. The number of amides is 1. The van der Waals surface area contributed by atoms with Crippen LogP contribution >= 0.6 is 0 Å². The number of pyridine rings is 3. The minimum absolute atomic E-state index is 0.0243. The average Bonchev–Trinajstić information content (AvgIpc) is 3.05. The predicted molar refractivity (Wildman–Crippen MR) is 127 cm³/mol. The summed E-state index contributed by atoms with van der Waals surface area (Å²) in [6, 6.07) is 12.1. The second-order valence-electron chi connectivity index (χ2n) is 8.55. The Bertz CT molecular complexity index is 1050. The molecule has 8 heteroatoms. The molecular weight excluding hydrogens is 418 g/mol. The van der Waals surface area contributed by atoms with Crippen molar-refractivity contribution < 1.29 is 14.3 Å². The molecule has 8 nitrogen and oxygen atoms in total. The van der Waals surface area contributed by atoms with E-state index in [1.165, 1.54) is 19.3 Å². The lowest BCUT2D eigenvalue weighted by Gasteiger charge is -2.37. The fourth-order valence-electron chi connectivity index (χ4n) is 3.80. The van der Waals surface area contributed by atoms with Gasteiger partial charge in [0.05, 0.1) is 32.0 Å². The molecule has 3 aromatic heterocycles. The first-order chi connectivity index (χ1) is 15.9. The molecule has 1 saturated carbocycles. The predicted octanol–water partition coefficient (Wildman–Crippen LogP) is 4.50. The van der Waals surface area contributed by atoms with Crippen molar-refractivity contribution in [2.45, 2.75) is 44.6 Å². The Hall–Kier alpha value is -3.68. The van der Waals surface area contributed by atoms with E-state index in [1.807, 2.05) is 50.2 Å². The summed E-state index contributed by atoms with van der Waals surface area (Å²) in [5.74, 6) is 4.05. The number of carbonyl (C=O) groups excluding carboxylic acids is 1. The monoisotopic (exact) mass is 447 g/mol. The molecule has 1 aliphatic heterocycles. The molecule has 172 valence electrons. The number of hydrogen-bond acceptors (Lipinski definition) is 7. The summed E-state index contributed by atoms with van der Waals surface area (Å²) >= 11 is 0. The summed E-state index contributed by atoms with van der Waals surface area (Å²) < 4.78 is 10.3. The van der Waals surface area contributed by atoms with E-state index in [4.69, 9.17) is 9.47 Å². The lowest BCUT2D eigenvalue weighted by Crippen LogP contribution is -2.37. The van der Waals surface area contributed by atoms with Crippen LogP contribution in [-0.2, 0) is 10.2 Å². The topological polar surface area (TPSA) is 89.5 Å². The zero-order valence-corrected chi connectivity index (χ0v) is 19.4. The van der Waals surface area contributed by atoms with Crippen LogP contribution in [0.2, 0.25) is 0 Å². The number of rotatable bonds is 5. The smallest absolute Gasteiger partial charge is 0.235 e. The zero-order chi connectivity index (χ0) is 23.4. The average molecular weight is 448 g/mol. The van der Waals surface area contributed by atoms with Gasteiger partial charge in [0.1, 0.15) is 29.0 Å². The van der Waals surface area contributed by atoms with E-state index in [0.717, 1.165) is 28.7 Å². The van der Waals surface area contributed by atoms with Gasteiger partial charge in [-0.25, -0.2) is 15.0 Å². The van der Waals surface area contributed by atoms with Crippen molar-refractivity contribution in [3.8, 4) is 11.5 Å². The fourth-order valence-corrected chi connectivity index (χ4v) is 3.80. The number of fused-ring (bicyclic) bond motifs is 1.